The lowest BCUT2D eigenvalue weighted by Gasteiger charge is -2.28. The zero-order valence-corrected chi connectivity index (χ0v) is 8.43. The van der Waals surface area contributed by atoms with Crippen LogP contribution in [0.3, 0.4) is 0 Å². The molecule has 1 fully saturated rings. The summed E-state index contributed by atoms with van der Waals surface area (Å²) >= 11 is 0. The van der Waals surface area contributed by atoms with Gasteiger partial charge in [-0.05, 0) is 12.0 Å². The zero-order valence-electron chi connectivity index (χ0n) is 8.43. The first-order chi connectivity index (χ1) is 7.29. The minimum Gasteiger partial charge on any atom is -0.481 e. The Bertz CT molecular complexity index is 334. The van der Waals surface area contributed by atoms with E-state index in [2.05, 4.69) is 0 Å². The lowest BCUT2D eigenvalue weighted by Crippen LogP contribution is -2.32. The van der Waals surface area contributed by atoms with Gasteiger partial charge in [-0.1, -0.05) is 30.3 Å². The summed E-state index contributed by atoms with van der Waals surface area (Å²) in [6.07, 6.45) is 0.793. The van der Waals surface area contributed by atoms with Gasteiger partial charge in [-0.25, -0.2) is 0 Å². The van der Waals surface area contributed by atoms with Crippen LogP contribution in [0.4, 0.5) is 0 Å². The SMILES string of the molecule is O=C(O)[C@@H]1COCC[C@H]1c1ccccc1. The molecule has 1 heterocycles. The van der Waals surface area contributed by atoms with Crippen LogP contribution in [0.1, 0.15) is 17.9 Å². The number of aliphatic carboxylic acids is 1. The summed E-state index contributed by atoms with van der Waals surface area (Å²) in [5, 5.41) is 9.09. The highest BCUT2D eigenvalue weighted by Crippen LogP contribution is 2.31. The zero-order chi connectivity index (χ0) is 10.7. The Morgan fingerprint density at radius 2 is 2.07 bits per heavy atom. The smallest absolute Gasteiger partial charge is 0.309 e. The summed E-state index contributed by atoms with van der Waals surface area (Å²) in [6, 6.07) is 9.82. The van der Waals surface area contributed by atoms with E-state index in [1.165, 1.54) is 0 Å². The minimum atomic E-state index is -0.761. The molecule has 0 spiro atoms. The summed E-state index contributed by atoms with van der Waals surface area (Å²) in [7, 11) is 0. The highest BCUT2D eigenvalue weighted by atomic mass is 16.5. The molecule has 1 aromatic carbocycles. The number of hydrogen-bond acceptors (Lipinski definition) is 2. The van der Waals surface area contributed by atoms with Crippen LogP contribution in [0.5, 0.6) is 0 Å². The fourth-order valence-electron chi connectivity index (χ4n) is 2.08. The van der Waals surface area contributed by atoms with Gasteiger partial charge in [0.1, 0.15) is 0 Å². The molecular weight excluding hydrogens is 192 g/mol. The highest BCUT2D eigenvalue weighted by Gasteiger charge is 2.32. The van der Waals surface area contributed by atoms with Crippen molar-refractivity contribution in [3.8, 4) is 0 Å². The third kappa shape index (κ3) is 2.18. The van der Waals surface area contributed by atoms with Gasteiger partial charge in [-0.2, -0.15) is 0 Å². The number of ether oxygens (including phenoxy) is 1. The van der Waals surface area contributed by atoms with Gasteiger partial charge >= 0.3 is 5.97 Å². The topological polar surface area (TPSA) is 46.5 Å². The molecule has 0 aromatic heterocycles. The average Bonchev–Trinajstić information content (AvgIpc) is 2.30. The molecule has 2 rings (SSSR count). The largest absolute Gasteiger partial charge is 0.481 e. The Morgan fingerprint density at radius 1 is 1.33 bits per heavy atom. The van der Waals surface area contributed by atoms with Crippen molar-refractivity contribution in [2.45, 2.75) is 12.3 Å². The first-order valence-electron chi connectivity index (χ1n) is 5.14. The van der Waals surface area contributed by atoms with E-state index < -0.39 is 11.9 Å². The maximum absolute atomic E-state index is 11.1. The quantitative estimate of drug-likeness (QED) is 0.803. The van der Waals surface area contributed by atoms with E-state index in [1.54, 1.807) is 0 Å². The van der Waals surface area contributed by atoms with Crippen LogP contribution in [0.2, 0.25) is 0 Å². The summed E-state index contributed by atoms with van der Waals surface area (Å²) in [6.45, 7) is 0.984. The maximum atomic E-state index is 11.1. The molecule has 0 saturated carbocycles. The molecule has 1 aliphatic rings. The molecule has 2 atom stereocenters. The predicted molar refractivity (Wildman–Crippen MR) is 55.7 cm³/mol. The fourth-order valence-corrected chi connectivity index (χ4v) is 2.08. The maximum Gasteiger partial charge on any atom is 0.309 e. The predicted octanol–water partition coefficient (Wildman–Crippen LogP) is 1.89. The molecule has 1 aromatic rings. The van der Waals surface area contributed by atoms with E-state index in [4.69, 9.17) is 9.84 Å². The van der Waals surface area contributed by atoms with Crippen LogP contribution >= 0.6 is 0 Å². The van der Waals surface area contributed by atoms with Gasteiger partial charge in [0, 0.05) is 12.5 Å². The standard InChI is InChI=1S/C12H14O3/c13-12(14)11-8-15-7-6-10(11)9-4-2-1-3-5-9/h1-5,10-11H,6-8H2,(H,13,14)/t10-,11+/m0/s1. The van der Waals surface area contributed by atoms with Gasteiger partial charge in [0.2, 0.25) is 0 Å². The highest BCUT2D eigenvalue weighted by molar-refractivity contribution is 5.71. The molecule has 3 heteroatoms. The van der Waals surface area contributed by atoms with Gasteiger partial charge in [-0.15, -0.1) is 0 Å². The Kier molecular flexibility index (Phi) is 3.02. The normalized spacial score (nSPS) is 26.1. The number of hydrogen-bond donors (Lipinski definition) is 1. The molecule has 0 radical (unpaired) electrons. The summed E-state index contributed by atoms with van der Waals surface area (Å²) < 4.78 is 5.21. The van der Waals surface area contributed by atoms with Crippen molar-refractivity contribution in [2.75, 3.05) is 13.2 Å². The number of carbonyl (C=O) groups is 1. The van der Waals surface area contributed by atoms with Crippen molar-refractivity contribution >= 4 is 5.97 Å². The van der Waals surface area contributed by atoms with Crippen molar-refractivity contribution in [1.29, 1.82) is 0 Å². The van der Waals surface area contributed by atoms with Gasteiger partial charge in [0.15, 0.2) is 0 Å². The molecule has 0 amide bonds. The van der Waals surface area contributed by atoms with Gasteiger partial charge in [0.25, 0.3) is 0 Å². The molecule has 3 nitrogen and oxygen atoms in total. The first-order valence-corrected chi connectivity index (χ1v) is 5.14. The Balaban J connectivity index is 2.22. The van der Waals surface area contributed by atoms with Crippen molar-refractivity contribution in [2.24, 2.45) is 5.92 Å². The van der Waals surface area contributed by atoms with E-state index in [9.17, 15) is 4.79 Å². The van der Waals surface area contributed by atoms with Gasteiger partial charge < -0.3 is 9.84 Å². The third-order valence-electron chi connectivity index (χ3n) is 2.90. The van der Waals surface area contributed by atoms with Crippen LogP contribution in [0, 0.1) is 5.92 Å². The third-order valence-corrected chi connectivity index (χ3v) is 2.90. The number of benzene rings is 1. The summed E-state index contributed by atoms with van der Waals surface area (Å²) in [5.41, 5.74) is 1.10. The van der Waals surface area contributed by atoms with Crippen molar-refractivity contribution in [3.05, 3.63) is 35.9 Å². The first kappa shape index (κ1) is 10.2. The average molecular weight is 206 g/mol. The van der Waals surface area contributed by atoms with Crippen LogP contribution in [-0.4, -0.2) is 24.3 Å². The van der Waals surface area contributed by atoms with Gasteiger partial charge in [-0.3, -0.25) is 4.79 Å². The van der Waals surface area contributed by atoms with Crippen LogP contribution in [0.15, 0.2) is 30.3 Å². The summed E-state index contributed by atoms with van der Waals surface area (Å²) in [4.78, 5) is 11.1. The Morgan fingerprint density at radius 3 is 2.73 bits per heavy atom. The Labute approximate surface area is 88.7 Å². The summed E-state index contributed by atoms with van der Waals surface area (Å²) in [5.74, 6) is -1.07. The van der Waals surface area contributed by atoms with E-state index in [1.807, 2.05) is 30.3 Å². The molecule has 80 valence electrons. The van der Waals surface area contributed by atoms with Crippen LogP contribution in [-0.2, 0) is 9.53 Å². The number of rotatable bonds is 2. The van der Waals surface area contributed by atoms with Crippen molar-refractivity contribution in [3.63, 3.8) is 0 Å². The molecule has 0 aliphatic carbocycles. The number of carboxylic acid groups (broad SMARTS) is 1. The molecule has 0 unspecified atom stereocenters. The molecule has 1 saturated heterocycles. The second-order valence-electron chi connectivity index (χ2n) is 3.83. The second-order valence-corrected chi connectivity index (χ2v) is 3.83. The fraction of sp³-hybridized carbons (Fsp3) is 0.417. The van der Waals surface area contributed by atoms with Crippen molar-refractivity contribution in [1.82, 2.24) is 0 Å². The van der Waals surface area contributed by atoms with Gasteiger partial charge in [0.05, 0.1) is 12.5 Å². The van der Waals surface area contributed by atoms with Crippen molar-refractivity contribution < 1.29 is 14.6 Å². The van der Waals surface area contributed by atoms with E-state index in [0.29, 0.717) is 13.2 Å². The van der Waals surface area contributed by atoms with Crippen LogP contribution in [0.25, 0.3) is 0 Å². The van der Waals surface area contributed by atoms with E-state index in [0.717, 1.165) is 12.0 Å². The molecule has 15 heavy (non-hydrogen) atoms. The van der Waals surface area contributed by atoms with E-state index in [-0.39, 0.29) is 5.92 Å². The molecule has 1 N–H and O–H groups in total. The molecule has 1 aliphatic heterocycles. The minimum absolute atomic E-state index is 0.0949. The van der Waals surface area contributed by atoms with E-state index >= 15 is 0 Å². The Hall–Kier alpha value is -1.35. The van der Waals surface area contributed by atoms with Crippen LogP contribution < -0.4 is 0 Å². The second kappa shape index (κ2) is 4.45. The lowest BCUT2D eigenvalue weighted by molar-refractivity contribution is -0.147. The molecule has 0 bridgehead atoms. The number of carboxylic acids is 1. The molecular formula is C12H14O3. The lowest BCUT2D eigenvalue weighted by atomic mass is 9.83. The monoisotopic (exact) mass is 206 g/mol.